The summed E-state index contributed by atoms with van der Waals surface area (Å²) in [6.45, 7) is 7.67. The van der Waals surface area contributed by atoms with E-state index in [2.05, 4.69) is 28.8 Å². The number of esters is 1. The minimum atomic E-state index is -0.968. The number of carboxylic acid groups (broad SMARTS) is 1. The highest BCUT2D eigenvalue weighted by Crippen LogP contribution is 2.21. The Morgan fingerprint density at radius 1 is 1.33 bits per heavy atom. The highest BCUT2D eigenvalue weighted by Gasteiger charge is 2.14. The summed E-state index contributed by atoms with van der Waals surface area (Å²) >= 11 is 0. The molecule has 1 aromatic carbocycles. The summed E-state index contributed by atoms with van der Waals surface area (Å²) in [4.78, 5) is 20.6. The number of methoxy groups -OCH3 is 1. The van der Waals surface area contributed by atoms with Gasteiger partial charge in [-0.3, -0.25) is 4.79 Å². The van der Waals surface area contributed by atoms with Gasteiger partial charge in [0.1, 0.15) is 6.04 Å². The molecule has 1 rings (SSSR count). The standard InChI is InChI=1S/C13H19NO2.C2H5NO2/c1-8-6-9(2)10(3)12(7-8)14-11(4)13(15)16-5;3-1-2(4)5/h6-7,11,14H,1-5H3;1,3H2,(H,4,5)/t11-;/m0./s1. The van der Waals surface area contributed by atoms with E-state index in [9.17, 15) is 9.59 Å². The third-order valence-electron chi connectivity index (χ3n) is 2.91. The van der Waals surface area contributed by atoms with Crippen molar-refractivity contribution in [2.75, 3.05) is 19.0 Å². The molecule has 0 aliphatic carbocycles. The van der Waals surface area contributed by atoms with Crippen molar-refractivity contribution in [3.8, 4) is 0 Å². The topological polar surface area (TPSA) is 102 Å². The number of rotatable bonds is 4. The number of nitrogens with one attached hydrogen (secondary N) is 1. The number of benzene rings is 1. The van der Waals surface area contributed by atoms with E-state index in [1.54, 1.807) is 6.92 Å². The van der Waals surface area contributed by atoms with Gasteiger partial charge in [-0.1, -0.05) is 6.07 Å². The molecule has 6 nitrogen and oxygen atoms in total. The summed E-state index contributed by atoms with van der Waals surface area (Å²) in [5, 5.41) is 10.8. The molecule has 0 aliphatic rings. The number of carboxylic acids is 1. The van der Waals surface area contributed by atoms with Gasteiger partial charge in [0.15, 0.2) is 0 Å². The molecule has 0 heterocycles. The van der Waals surface area contributed by atoms with E-state index in [4.69, 9.17) is 5.11 Å². The number of anilines is 1. The molecule has 21 heavy (non-hydrogen) atoms. The zero-order valence-electron chi connectivity index (χ0n) is 13.2. The van der Waals surface area contributed by atoms with Crippen molar-refractivity contribution in [3.05, 3.63) is 28.8 Å². The third kappa shape index (κ3) is 6.76. The Morgan fingerprint density at radius 2 is 1.86 bits per heavy atom. The van der Waals surface area contributed by atoms with Crippen molar-refractivity contribution in [2.24, 2.45) is 5.73 Å². The van der Waals surface area contributed by atoms with Crippen molar-refractivity contribution < 1.29 is 19.4 Å². The lowest BCUT2D eigenvalue weighted by Crippen LogP contribution is -2.27. The molecule has 0 amide bonds. The molecular formula is C15H24N2O4. The molecule has 0 spiro atoms. The molecule has 0 saturated heterocycles. The SMILES string of the molecule is COC(=O)[C@H](C)Nc1cc(C)cc(C)c1C.NCC(=O)O. The fourth-order valence-corrected chi connectivity index (χ4v) is 1.66. The van der Waals surface area contributed by atoms with Crippen LogP contribution in [0.5, 0.6) is 0 Å². The van der Waals surface area contributed by atoms with E-state index in [1.807, 2.05) is 19.9 Å². The van der Waals surface area contributed by atoms with Crippen LogP contribution in [0.2, 0.25) is 0 Å². The Labute approximate surface area is 125 Å². The van der Waals surface area contributed by atoms with Crippen LogP contribution in [-0.4, -0.2) is 36.7 Å². The first-order valence-corrected chi connectivity index (χ1v) is 6.57. The van der Waals surface area contributed by atoms with Gasteiger partial charge in [0.2, 0.25) is 0 Å². The molecule has 0 bridgehead atoms. The number of ether oxygens (including phenoxy) is 1. The fraction of sp³-hybridized carbons (Fsp3) is 0.467. The van der Waals surface area contributed by atoms with Crippen molar-refractivity contribution >= 4 is 17.6 Å². The normalized spacial score (nSPS) is 11.0. The molecule has 1 aromatic rings. The Morgan fingerprint density at radius 3 is 2.29 bits per heavy atom. The van der Waals surface area contributed by atoms with Crippen LogP contribution in [0.4, 0.5) is 5.69 Å². The highest BCUT2D eigenvalue weighted by molar-refractivity contribution is 5.79. The van der Waals surface area contributed by atoms with Crippen LogP contribution in [0, 0.1) is 20.8 Å². The lowest BCUT2D eigenvalue weighted by molar-refractivity contribution is -0.141. The molecule has 118 valence electrons. The van der Waals surface area contributed by atoms with Crippen LogP contribution in [-0.2, 0) is 14.3 Å². The molecule has 6 heteroatoms. The Hall–Kier alpha value is -2.08. The predicted molar refractivity (Wildman–Crippen MR) is 82.4 cm³/mol. The third-order valence-corrected chi connectivity index (χ3v) is 2.91. The number of aryl methyl sites for hydroxylation is 2. The first-order chi connectivity index (χ1) is 9.72. The lowest BCUT2D eigenvalue weighted by atomic mass is 10.0. The lowest BCUT2D eigenvalue weighted by Gasteiger charge is -2.17. The first-order valence-electron chi connectivity index (χ1n) is 6.57. The molecule has 0 fully saturated rings. The van der Waals surface area contributed by atoms with Crippen LogP contribution >= 0.6 is 0 Å². The number of nitrogens with two attached hydrogens (primary N) is 1. The number of carbonyl (C=O) groups is 2. The van der Waals surface area contributed by atoms with Gasteiger partial charge in [0, 0.05) is 5.69 Å². The van der Waals surface area contributed by atoms with Crippen LogP contribution < -0.4 is 11.1 Å². The van der Waals surface area contributed by atoms with Crippen molar-refractivity contribution in [3.63, 3.8) is 0 Å². The molecule has 1 atom stereocenters. The smallest absolute Gasteiger partial charge is 0.327 e. The van der Waals surface area contributed by atoms with E-state index < -0.39 is 5.97 Å². The summed E-state index contributed by atoms with van der Waals surface area (Å²) in [5.41, 5.74) is 9.14. The Bertz CT molecular complexity index is 501. The van der Waals surface area contributed by atoms with Crippen LogP contribution in [0.3, 0.4) is 0 Å². The Balaban J connectivity index is 0.000000690. The van der Waals surface area contributed by atoms with E-state index in [-0.39, 0.29) is 18.6 Å². The minimum Gasteiger partial charge on any atom is -0.480 e. The number of hydrogen-bond acceptors (Lipinski definition) is 5. The van der Waals surface area contributed by atoms with Crippen LogP contribution in [0.1, 0.15) is 23.6 Å². The van der Waals surface area contributed by atoms with Crippen molar-refractivity contribution in [1.29, 1.82) is 0 Å². The zero-order valence-corrected chi connectivity index (χ0v) is 13.2. The molecular weight excluding hydrogens is 272 g/mol. The van der Waals surface area contributed by atoms with Gasteiger partial charge in [0.05, 0.1) is 13.7 Å². The predicted octanol–water partition coefficient (Wildman–Crippen LogP) is 1.61. The van der Waals surface area contributed by atoms with Crippen LogP contribution in [0.25, 0.3) is 0 Å². The van der Waals surface area contributed by atoms with Gasteiger partial charge in [-0.25, -0.2) is 4.79 Å². The minimum absolute atomic E-state index is 0.251. The van der Waals surface area contributed by atoms with Crippen LogP contribution in [0.15, 0.2) is 12.1 Å². The number of aliphatic carboxylic acids is 1. The van der Waals surface area contributed by atoms with Gasteiger partial charge < -0.3 is 20.9 Å². The number of hydrogen-bond donors (Lipinski definition) is 3. The van der Waals surface area contributed by atoms with Gasteiger partial charge in [0.25, 0.3) is 0 Å². The maximum absolute atomic E-state index is 11.3. The molecule has 0 saturated carbocycles. The average molecular weight is 296 g/mol. The molecule has 0 aliphatic heterocycles. The van der Waals surface area contributed by atoms with Gasteiger partial charge in [-0.2, -0.15) is 0 Å². The summed E-state index contributed by atoms with van der Waals surface area (Å²) in [7, 11) is 1.40. The fourth-order valence-electron chi connectivity index (χ4n) is 1.66. The van der Waals surface area contributed by atoms with Gasteiger partial charge >= 0.3 is 11.9 Å². The quantitative estimate of drug-likeness (QED) is 0.730. The first kappa shape index (κ1) is 18.9. The Kier molecular flexibility index (Phi) is 8.08. The van der Waals surface area contributed by atoms with E-state index in [0.29, 0.717) is 0 Å². The highest BCUT2D eigenvalue weighted by atomic mass is 16.5. The largest absolute Gasteiger partial charge is 0.480 e. The van der Waals surface area contributed by atoms with Gasteiger partial charge in [-0.05, 0) is 50.5 Å². The van der Waals surface area contributed by atoms with E-state index >= 15 is 0 Å². The monoisotopic (exact) mass is 296 g/mol. The van der Waals surface area contributed by atoms with Gasteiger partial charge in [-0.15, -0.1) is 0 Å². The molecule has 0 aromatic heterocycles. The maximum atomic E-state index is 11.3. The zero-order chi connectivity index (χ0) is 16.6. The second-order valence-corrected chi connectivity index (χ2v) is 4.74. The van der Waals surface area contributed by atoms with Crippen molar-refractivity contribution in [1.82, 2.24) is 0 Å². The molecule has 4 N–H and O–H groups in total. The summed E-state index contributed by atoms with van der Waals surface area (Å²) in [6, 6.07) is 3.84. The summed E-state index contributed by atoms with van der Waals surface area (Å²) in [6.07, 6.45) is 0. The summed E-state index contributed by atoms with van der Waals surface area (Å²) < 4.78 is 4.68. The second kappa shape index (κ2) is 8.97. The average Bonchev–Trinajstić information content (AvgIpc) is 2.43. The van der Waals surface area contributed by atoms with Crippen molar-refractivity contribution in [2.45, 2.75) is 33.7 Å². The van der Waals surface area contributed by atoms with E-state index in [0.717, 1.165) is 5.69 Å². The molecule has 0 unspecified atom stereocenters. The maximum Gasteiger partial charge on any atom is 0.327 e. The molecule has 0 radical (unpaired) electrons. The second-order valence-electron chi connectivity index (χ2n) is 4.74. The summed E-state index contributed by atoms with van der Waals surface area (Å²) in [5.74, 6) is -1.22. The van der Waals surface area contributed by atoms with E-state index in [1.165, 1.54) is 23.8 Å². The number of carbonyl (C=O) groups excluding carboxylic acids is 1.